The number of piperazine rings is 1. The first-order chi connectivity index (χ1) is 10.2. The molecule has 6 heteroatoms. The molecule has 0 atom stereocenters. The van der Waals surface area contributed by atoms with Gasteiger partial charge in [-0.05, 0) is 30.7 Å². The van der Waals surface area contributed by atoms with Crippen molar-refractivity contribution in [3.8, 4) is 0 Å². The molecule has 1 saturated heterocycles. The van der Waals surface area contributed by atoms with Crippen LogP contribution in [-0.4, -0.2) is 49.4 Å². The average molecular weight is 310 g/mol. The minimum Gasteiger partial charge on any atom is -0.352 e. The van der Waals surface area contributed by atoms with Crippen LogP contribution in [0.4, 0.5) is 0 Å². The summed E-state index contributed by atoms with van der Waals surface area (Å²) in [6.07, 6.45) is 1.13. The molecule has 2 N–H and O–H groups in total. The van der Waals surface area contributed by atoms with E-state index in [1.807, 2.05) is 4.90 Å². The van der Waals surface area contributed by atoms with Crippen molar-refractivity contribution >= 4 is 23.4 Å². The maximum Gasteiger partial charge on any atom is 0.251 e. The van der Waals surface area contributed by atoms with Gasteiger partial charge in [-0.15, -0.1) is 0 Å². The largest absolute Gasteiger partial charge is 0.352 e. The molecule has 0 aliphatic carbocycles. The average Bonchev–Trinajstić information content (AvgIpc) is 2.52. The van der Waals surface area contributed by atoms with Crippen LogP contribution >= 0.6 is 11.6 Å². The van der Waals surface area contributed by atoms with E-state index in [9.17, 15) is 9.59 Å². The summed E-state index contributed by atoms with van der Waals surface area (Å²) in [5, 5.41) is 6.63. The first-order valence-electron chi connectivity index (χ1n) is 7.19. The molecule has 1 heterocycles. The highest BCUT2D eigenvalue weighted by Crippen LogP contribution is 2.09. The van der Waals surface area contributed by atoms with E-state index in [0.29, 0.717) is 30.0 Å². The number of hydrogen-bond donors (Lipinski definition) is 2. The Labute approximate surface area is 129 Å². The number of benzene rings is 1. The highest BCUT2D eigenvalue weighted by Gasteiger charge is 2.15. The van der Waals surface area contributed by atoms with Crippen LogP contribution in [0.3, 0.4) is 0 Å². The quantitative estimate of drug-likeness (QED) is 0.806. The maximum absolute atomic E-state index is 11.9. The molecule has 114 valence electrons. The smallest absolute Gasteiger partial charge is 0.251 e. The maximum atomic E-state index is 11.9. The van der Waals surface area contributed by atoms with Crippen LogP contribution in [0, 0.1) is 0 Å². The Bertz CT molecular complexity index is 484. The van der Waals surface area contributed by atoms with Gasteiger partial charge in [0.15, 0.2) is 0 Å². The van der Waals surface area contributed by atoms with Gasteiger partial charge < -0.3 is 15.5 Å². The van der Waals surface area contributed by atoms with Crippen molar-refractivity contribution in [2.24, 2.45) is 0 Å². The number of hydrogen-bond acceptors (Lipinski definition) is 3. The Balaban J connectivity index is 1.66. The van der Waals surface area contributed by atoms with Crippen LogP contribution in [-0.2, 0) is 4.79 Å². The molecule has 21 heavy (non-hydrogen) atoms. The molecule has 0 aromatic heterocycles. The second-order valence-electron chi connectivity index (χ2n) is 5.00. The molecular weight excluding hydrogens is 290 g/mol. The zero-order valence-corrected chi connectivity index (χ0v) is 12.7. The van der Waals surface area contributed by atoms with Crippen molar-refractivity contribution in [3.63, 3.8) is 0 Å². The lowest BCUT2D eigenvalue weighted by Crippen LogP contribution is -2.46. The zero-order valence-electron chi connectivity index (χ0n) is 11.9. The van der Waals surface area contributed by atoms with E-state index in [0.717, 1.165) is 26.2 Å². The summed E-state index contributed by atoms with van der Waals surface area (Å²) in [5.74, 6) is 0.0264. The predicted octanol–water partition coefficient (Wildman–Crippen LogP) is 1.28. The lowest BCUT2D eigenvalue weighted by Gasteiger charge is -2.27. The Morgan fingerprint density at radius 2 is 1.86 bits per heavy atom. The van der Waals surface area contributed by atoms with Gasteiger partial charge in [0.05, 0.1) is 0 Å². The van der Waals surface area contributed by atoms with Gasteiger partial charge >= 0.3 is 0 Å². The molecule has 1 aliphatic rings. The fraction of sp³-hybridized carbons (Fsp3) is 0.467. The molecular formula is C15H20ClN3O2. The highest BCUT2D eigenvalue weighted by atomic mass is 35.5. The van der Waals surface area contributed by atoms with Gasteiger partial charge in [-0.25, -0.2) is 0 Å². The summed E-state index contributed by atoms with van der Waals surface area (Å²) < 4.78 is 0. The Morgan fingerprint density at radius 3 is 2.52 bits per heavy atom. The number of carbonyl (C=O) groups excluding carboxylic acids is 2. The lowest BCUT2D eigenvalue weighted by atomic mass is 10.2. The van der Waals surface area contributed by atoms with Crippen LogP contribution in [0.25, 0.3) is 0 Å². The molecule has 1 aromatic carbocycles. The first kappa shape index (κ1) is 15.8. The van der Waals surface area contributed by atoms with Crippen molar-refractivity contribution in [2.45, 2.75) is 12.8 Å². The lowest BCUT2D eigenvalue weighted by molar-refractivity contribution is -0.131. The molecule has 1 aliphatic heterocycles. The number of halogens is 1. The van der Waals surface area contributed by atoms with Crippen molar-refractivity contribution in [1.29, 1.82) is 0 Å². The molecule has 2 rings (SSSR count). The molecule has 0 bridgehead atoms. The van der Waals surface area contributed by atoms with Gasteiger partial charge in [-0.3, -0.25) is 9.59 Å². The topological polar surface area (TPSA) is 61.4 Å². The molecule has 0 radical (unpaired) electrons. The second-order valence-corrected chi connectivity index (χ2v) is 5.43. The Kier molecular flexibility index (Phi) is 6.02. The van der Waals surface area contributed by atoms with Gasteiger partial charge in [-0.2, -0.15) is 0 Å². The number of rotatable bonds is 5. The SMILES string of the molecule is O=C(NCCCC(=O)N1CCNCC1)c1ccc(Cl)cc1. The normalized spacial score (nSPS) is 14.8. The Hall–Kier alpha value is -1.59. The van der Waals surface area contributed by atoms with Crippen LogP contribution in [0.15, 0.2) is 24.3 Å². The molecule has 1 fully saturated rings. The summed E-state index contributed by atoms with van der Waals surface area (Å²) in [6, 6.07) is 6.74. The van der Waals surface area contributed by atoms with E-state index < -0.39 is 0 Å². The van der Waals surface area contributed by atoms with Crippen molar-refractivity contribution in [3.05, 3.63) is 34.9 Å². The van der Waals surface area contributed by atoms with E-state index in [2.05, 4.69) is 10.6 Å². The molecule has 5 nitrogen and oxygen atoms in total. The molecule has 0 unspecified atom stereocenters. The first-order valence-corrected chi connectivity index (χ1v) is 7.57. The van der Waals surface area contributed by atoms with Crippen LogP contribution in [0.1, 0.15) is 23.2 Å². The summed E-state index contributed by atoms with van der Waals surface area (Å²) in [5.41, 5.74) is 0.577. The van der Waals surface area contributed by atoms with E-state index in [1.165, 1.54) is 0 Å². The van der Waals surface area contributed by atoms with Crippen molar-refractivity contribution in [2.75, 3.05) is 32.7 Å². The fourth-order valence-corrected chi connectivity index (χ4v) is 2.34. The second kappa shape index (κ2) is 8.00. The molecule has 2 amide bonds. The summed E-state index contributed by atoms with van der Waals surface area (Å²) in [6.45, 7) is 3.77. The standard InChI is InChI=1S/C15H20ClN3O2/c16-13-5-3-12(4-6-13)15(21)18-7-1-2-14(20)19-10-8-17-9-11-19/h3-6,17H,1-2,7-11H2,(H,18,21). The summed E-state index contributed by atoms with van der Waals surface area (Å²) >= 11 is 5.77. The number of amides is 2. The van der Waals surface area contributed by atoms with Gasteiger partial charge in [0.1, 0.15) is 0 Å². The fourth-order valence-electron chi connectivity index (χ4n) is 2.22. The number of nitrogens with zero attached hydrogens (tertiary/aromatic N) is 1. The van der Waals surface area contributed by atoms with Gasteiger partial charge in [0, 0.05) is 49.7 Å². The third-order valence-electron chi connectivity index (χ3n) is 3.43. The summed E-state index contributed by atoms with van der Waals surface area (Å²) in [7, 11) is 0. The van der Waals surface area contributed by atoms with Crippen LogP contribution in [0.5, 0.6) is 0 Å². The van der Waals surface area contributed by atoms with Crippen molar-refractivity contribution < 1.29 is 9.59 Å². The Morgan fingerprint density at radius 1 is 1.19 bits per heavy atom. The van der Waals surface area contributed by atoms with Gasteiger partial charge in [-0.1, -0.05) is 11.6 Å². The number of nitrogens with one attached hydrogen (secondary N) is 2. The van der Waals surface area contributed by atoms with Crippen LogP contribution in [0.2, 0.25) is 5.02 Å². The highest BCUT2D eigenvalue weighted by molar-refractivity contribution is 6.30. The van der Waals surface area contributed by atoms with E-state index >= 15 is 0 Å². The molecule has 1 aromatic rings. The molecule has 0 saturated carbocycles. The van der Waals surface area contributed by atoms with E-state index in [1.54, 1.807) is 24.3 Å². The third kappa shape index (κ3) is 5.02. The van der Waals surface area contributed by atoms with E-state index in [-0.39, 0.29) is 11.8 Å². The minimum absolute atomic E-state index is 0.138. The van der Waals surface area contributed by atoms with Gasteiger partial charge in [0.25, 0.3) is 5.91 Å². The monoisotopic (exact) mass is 309 g/mol. The minimum atomic E-state index is -0.138. The van der Waals surface area contributed by atoms with Gasteiger partial charge in [0.2, 0.25) is 5.91 Å². The zero-order chi connectivity index (χ0) is 15.1. The van der Waals surface area contributed by atoms with E-state index in [4.69, 9.17) is 11.6 Å². The number of carbonyl (C=O) groups is 2. The van der Waals surface area contributed by atoms with Crippen LogP contribution < -0.4 is 10.6 Å². The third-order valence-corrected chi connectivity index (χ3v) is 3.68. The summed E-state index contributed by atoms with van der Waals surface area (Å²) in [4.78, 5) is 25.6. The van der Waals surface area contributed by atoms with Crippen molar-refractivity contribution in [1.82, 2.24) is 15.5 Å². The predicted molar refractivity (Wildman–Crippen MR) is 82.5 cm³/mol. The molecule has 0 spiro atoms.